The van der Waals surface area contributed by atoms with Crippen LogP contribution in [-0.4, -0.2) is 39.9 Å². The predicted octanol–water partition coefficient (Wildman–Crippen LogP) is 27.6. The maximum absolute atomic E-state index is 4.85. The Balaban J connectivity index is 0.0000000829. The first-order valence-corrected chi connectivity index (χ1v) is 49.7. The van der Waals surface area contributed by atoms with E-state index in [2.05, 4.69) is 278 Å². The summed E-state index contributed by atoms with van der Waals surface area (Å²) in [5.74, 6) is 5.25. The summed E-state index contributed by atoms with van der Waals surface area (Å²) in [6.45, 7) is 0. The van der Waals surface area contributed by atoms with Crippen LogP contribution in [0.3, 0.4) is 0 Å². The predicted molar refractivity (Wildman–Crippen MR) is 555 cm³/mol. The van der Waals surface area contributed by atoms with Gasteiger partial charge in [-0.1, -0.05) is 176 Å². The number of rotatable bonds is 0. The molecule has 0 saturated heterocycles. The Labute approximate surface area is 809 Å². The van der Waals surface area contributed by atoms with Crippen LogP contribution >= 0.6 is 0 Å². The van der Waals surface area contributed by atoms with Crippen LogP contribution in [0, 0.1) is 0 Å². The van der Waals surface area contributed by atoms with E-state index in [1.165, 1.54) is 301 Å². The van der Waals surface area contributed by atoms with Crippen molar-refractivity contribution in [3.8, 4) is 89.0 Å². The second-order valence-electron chi connectivity index (χ2n) is 40.7. The largest absolute Gasteiger partial charge is 0.294 e. The number of pyridine rings is 8. The van der Waals surface area contributed by atoms with E-state index in [4.69, 9.17) is 29.9 Å². The van der Waals surface area contributed by atoms with Crippen LogP contribution in [0.2, 0.25) is 0 Å². The van der Waals surface area contributed by atoms with E-state index in [9.17, 15) is 0 Å². The van der Waals surface area contributed by atoms with Gasteiger partial charge in [-0.2, -0.15) is 0 Å². The number of hydrogen-bond donors (Lipinski definition) is 0. The van der Waals surface area contributed by atoms with E-state index in [0.717, 1.165) is 138 Å². The molecule has 656 valence electrons. The van der Waals surface area contributed by atoms with Gasteiger partial charge >= 0.3 is 0 Å². The van der Waals surface area contributed by atoms with Gasteiger partial charge in [-0.25, -0.2) is 24.9 Å². The molecule has 0 radical (unpaired) electrons. The molecule has 8 aliphatic carbocycles. The summed E-state index contributed by atoms with van der Waals surface area (Å²) >= 11 is 0. The zero-order valence-corrected chi connectivity index (χ0v) is 76.7. The van der Waals surface area contributed by atoms with E-state index >= 15 is 0 Å². The molecular weight excluding hydrogens is 1710 g/mol. The Bertz CT molecular complexity index is 8060. The number of nitrogens with zero attached hydrogens (tertiary/aromatic N) is 12. The van der Waals surface area contributed by atoms with Crippen molar-refractivity contribution >= 4 is 68.9 Å². The number of anilines is 12. The van der Waals surface area contributed by atoms with Crippen LogP contribution < -0.4 is 19.6 Å². The average molecular weight is 1790 g/mol. The van der Waals surface area contributed by atoms with Crippen LogP contribution in [0.4, 0.5) is 68.9 Å². The highest BCUT2D eigenvalue weighted by molar-refractivity contribution is 6.01. The maximum Gasteiger partial charge on any atom is 0.142 e. The van der Waals surface area contributed by atoms with Gasteiger partial charge in [-0.05, 0) is 392 Å². The fraction of sp³-hybridized carbons (Fsp3) is 0.125. The van der Waals surface area contributed by atoms with Gasteiger partial charge in [0, 0.05) is 107 Å². The van der Waals surface area contributed by atoms with Gasteiger partial charge in [0.15, 0.2) is 0 Å². The summed E-state index contributed by atoms with van der Waals surface area (Å²) in [6.07, 6.45) is 35.0. The molecule has 0 N–H and O–H groups in total. The smallest absolute Gasteiger partial charge is 0.142 e. The molecule has 8 aromatic heterocycles. The topological polar surface area (TPSA) is 116 Å². The van der Waals surface area contributed by atoms with Crippen LogP contribution in [0.1, 0.15) is 178 Å². The first kappa shape index (κ1) is 76.2. The molecular formula is C128H84N12. The fourth-order valence-electron chi connectivity index (χ4n) is 28.2. The highest BCUT2D eigenvalue weighted by Gasteiger charge is 2.46. The number of fused-ring (bicyclic) bond motifs is 48. The minimum atomic E-state index is 0.871. The molecule has 20 aromatic rings. The molecule has 0 spiro atoms. The zero-order valence-electron chi connectivity index (χ0n) is 76.7. The monoisotopic (exact) mass is 1790 g/mol. The van der Waals surface area contributed by atoms with Gasteiger partial charge in [0.05, 0.1) is 51.7 Å². The third-order valence-corrected chi connectivity index (χ3v) is 34.0. The van der Waals surface area contributed by atoms with E-state index in [-0.39, 0.29) is 0 Å². The van der Waals surface area contributed by atoms with Gasteiger partial charge in [-0.3, -0.25) is 34.6 Å². The lowest BCUT2D eigenvalue weighted by molar-refractivity contribution is 0.941. The average Bonchev–Trinajstić information content (AvgIpc) is 1.46. The number of benzene rings is 12. The molecule has 0 bridgehead atoms. The molecule has 0 saturated carbocycles. The third-order valence-electron chi connectivity index (χ3n) is 34.0. The first-order valence-electron chi connectivity index (χ1n) is 49.7. The van der Waals surface area contributed by atoms with Crippen molar-refractivity contribution in [3.05, 3.63) is 495 Å². The summed E-state index contributed by atoms with van der Waals surface area (Å²) in [4.78, 5) is 47.5. The molecule has 0 fully saturated rings. The molecule has 8 aliphatic heterocycles. The van der Waals surface area contributed by atoms with Crippen LogP contribution in [0.5, 0.6) is 0 Å². The van der Waals surface area contributed by atoms with E-state index in [1.807, 2.05) is 68.0 Å². The Kier molecular flexibility index (Phi) is 15.4. The van der Waals surface area contributed by atoms with Crippen molar-refractivity contribution in [1.29, 1.82) is 0 Å². The standard InChI is InChI=1S/4C32H21N3/c1-2-8-22-18(5-1)14-25-23(22)9-10-24-26-16-21-13-19-6-3-11-33-31(19)35-30(21)29(28(26)17-27(24)25)15-20-7-4-12-34-32(20)35;1-2-7-21-18(5-1)13-24-22(21)9-10-23-25-15-20-16-29-30(8-4-11-33-29)35-31(20)28(27(25)17-26(23)24)14-19-6-3-12-34-32(19)35;1-2-6-22-18(4-1)13-25-23(22)7-8-24-26-15-21-12-19-9-11-33-17-30(19)35-31(21)29(28(26)16-27(24)25)14-20-5-3-10-34-32(20)35;1-2-6-22-18(4-1)13-25-23(22)7-8-24-26-15-20-12-21-17-33-11-9-30(21)35-31(20)29(28(26)16-27(24)25)14-19-5-3-10-34-32(19)35/h1-12,16H,13-15,17H2;1-12,15H,13-14,16-17H2;2*1-11,15,17H,12-14,16H2. The zero-order chi connectivity index (χ0) is 90.7. The van der Waals surface area contributed by atoms with Crippen molar-refractivity contribution in [2.75, 3.05) is 19.6 Å². The Hall–Kier alpha value is -17.0. The maximum atomic E-state index is 4.85. The van der Waals surface area contributed by atoms with Gasteiger partial charge < -0.3 is 0 Å². The molecule has 36 rings (SSSR count). The highest BCUT2D eigenvalue weighted by Crippen LogP contribution is 2.63. The van der Waals surface area contributed by atoms with Crippen LogP contribution in [0.15, 0.2) is 317 Å². The minimum Gasteiger partial charge on any atom is -0.294 e. The lowest BCUT2D eigenvalue weighted by Crippen LogP contribution is -2.27. The molecule has 0 atom stereocenters. The van der Waals surface area contributed by atoms with Crippen molar-refractivity contribution in [1.82, 2.24) is 39.9 Å². The van der Waals surface area contributed by atoms with Crippen LogP contribution in [-0.2, 0) is 103 Å². The second kappa shape index (κ2) is 28.4. The van der Waals surface area contributed by atoms with Gasteiger partial charge in [0.25, 0.3) is 0 Å². The molecule has 0 amide bonds. The SMILES string of the molecule is c1ccc2c(c1)Cc1c-2ccc2c1Cc1c-2cc2c3c1Cc1cccnc1N3c1cccnc1C2.c1ccc2c(c1)Cc1c-2ccc2c1Cc1c-2cc2c3c1Cc1cccnc1N3c1ccncc1C2.c1ccc2c(c1)Cc1c-2ccc2c1Cc1c-2cc2c3c1Cc1cccnc1N3c1cnccc1C2.c1ccc2c(c1)Cc1c-2ccc2c1Cc1c-2cc2c3c1Cc1cccnc1N3c1ncccc1C2. The normalized spacial score (nSPS) is 14.9. The molecule has 12 aromatic carbocycles. The van der Waals surface area contributed by atoms with Gasteiger partial charge in [0.1, 0.15) is 29.1 Å². The molecule has 12 nitrogen and oxygen atoms in total. The second-order valence-corrected chi connectivity index (χ2v) is 40.7. The quantitative estimate of drug-likeness (QED) is 0.144. The molecule has 16 aliphatic rings. The van der Waals surface area contributed by atoms with Crippen molar-refractivity contribution in [2.45, 2.75) is 103 Å². The van der Waals surface area contributed by atoms with Crippen LogP contribution in [0.25, 0.3) is 89.0 Å². The molecule has 140 heavy (non-hydrogen) atoms. The number of aromatic nitrogens is 8. The summed E-state index contributed by atoms with van der Waals surface area (Å²) in [6, 6.07) is 94.6. The Morgan fingerprint density at radius 1 is 0.150 bits per heavy atom. The fourth-order valence-corrected chi connectivity index (χ4v) is 28.2. The lowest BCUT2D eigenvalue weighted by atomic mass is 9.83. The van der Waals surface area contributed by atoms with Crippen molar-refractivity contribution in [2.24, 2.45) is 0 Å². The number of hydrogen-bond acceptors (Lipinski definition) is 12. The van der Waals surface area contributed by atoms with E-state index < -0.39 is 0 Å². The van der Waals surface area contributed by atoms with Gasteiger partial charge in [0.2, 0.25) is 0 Å². The molecule has 16 heterocycles. The molecule has 0 unspecified atom stereocenters. The Morgan fingerprint density at radius 3 is 0.821 bits per heavy atom. The molecule has 12 heteroatoms. The summed E-state index contributed by atoms with van der Waals surface area (Å²) in [7, 11) is 0. The van der Waals surface area contributed by atoms with Crippen molar-refractivity contribution in [3.63, 3.8) is 0 Å². The summed E-state index contributed by atoms with van der Waals surface area (Å²) in [5, 5.41) is 0. The first-order chi connectivity index (χ1) is 69.4. The highest BCUT2D eigenvalue weighted by atomic mass is 15.3. The third kappa shape index (κ3) is 10.5. The van der Waals surface area contributed by atoms with E-state index in [0.29, 0.717) is 0 Å². The summed E-state index contributed by atoms with van der Waals surface area (Å²) < 4.78 is 0. The van der Waals surface area contributed by atoms with Gasteiger partial charge in [-0.15, -0.1) is 0 Å². The van der Waals surface area contributed by atoms with Crippen molar-refractivity contribution < 1.29 is 0 Å². The van der Waals surface area contributed by atoms with E-state index in [1.54, 1.807) is 0 Å². The summed E-state index contributed by atoms with van der Waals surface area (Å²) in [5.41, 5.74) is 77.6. The lowest BCUT2D eigenvalue weighted by Gasteiger charge is -2.39. The minimum absolute atomic E-state index is 0.871. The Morgan fingerprint density at radius 2 is 0.421 bits per heavy atom.